The second kappa shape index (κ2) is 3.25. The summed E-state index contributed by atoms with van der Waals surface area (Å²) in [4.78, 5) is 24.4. The van der Waals surface area contributed by atoms with Crippen molar-refractivity contribution < 1.29 is 9.59 Å². The van der Waals surface area contributed by atoms with E-state index in [-0.39, 0.29) is 23.5 Å². The van der Waals surface area contributed by atoms with Crippen LogP contribution in [0.25, 0.3) is 0 Å². The van der Waals surface area contributed by atoms with Crippen LogP contribution in [-0.4, -0.2) is 30.2 Å². The standard InChI is InChI=1S/C9H15NO2/c1-6(2)8(11)7-4-5-10(3)9(7)12/h6-7H,4-5H2,1-3H3. The lowest BCUT2D eigenvalue weighted by atomic mass is 9.94. The minimum atomic E-state index is -0.352. The molecule has 0 bridgehead atoms. The van der Waals surface area contributed by atoms with Gasteiger partial charge in [-0.25, -0.2) is 0 Å². The zero-order valence-corrected chi connectivity index (χ0v) is 7.83. The van der Waals surface area contributed by atoms with E-state index in [1.807, 2.05) is 13.8 Å². The molecule has 1 rings (SSSR count). The van der Waals surface area contributed by atoms with E-state index >= 15 is 0 Å². The summed E-state index contributed by atoms with van der Waals surface area (Å²) in [6.45, 7) is 4.41. The molecule has 1 aliphatic rings. The van der Waals surface area contributed by atoms with Crippen LogP contribution >= 0.6 is 0 Å². The van der Waals surface area contributed by atoms with Gasteiger partial charge in [-0.15, -0.1) is 0 Å². The highest BCUT2D eigenvalue weighted by molar-refractivity contribution is 6.03. The number of ketones is 1. The van der Waals surface area contributed by atoms with Gasteiger partial charge in [-0.05, 0) is 6.42 Å². The largest absolute Gasteiger partial charge is 0.345 e. The van der Waals surface area contributed by atoms with Crippen molar-refractivity contribution in [2.45, 2.75) is 20.3 Å². The first kappa shape index (κ1) is 9.23. The van der Waals surface area contributed by atoms with Gasteiger partial charge >= 0.3 is 0 Å². The second-order valence-corrected chi connectivity index (χ2v) is 3.66. The van der Waals surface area contributed by atoms with Gasteiger partial charge in [0.2, 0.25) is 5.91 Å². The molecular weight excluding hydrogens is 154 g/mol. The van der Waals surface area contributed by atoms with Gasteiger partial charge in [-0.3, -0.25) is 9.59 Å². The number of nitrogens with zero attached hydrogens (tertiary/aromatic N) is 1. The molecular formula is C9H15NO2. The monoisotopic (exact) mass is 169 g/mol. The van der Waals surface area contributed by atoms with Crippen molar-refractivity contribution in [3.8, 4) is 0 Å². The molecule has 3 nitrogen and oxygen atoms in total. The Bertz CT molecular complexity index is 211. The number of carbonyl (C=O) groups excluding carboxylic acids is 2. The Morgan fingerprint density at radius 2 is 2.17 bits per heavy atom. The summed E-state index contributed by atoms with van der Waals surface area (Å²) >= 11 is 0. The summed E-state index contributed by atoms with van der Waals surface area (Å²) in [5.74, 6) is -0.293. The van der Waals surface area contributed by atoms with Gasteiger partial charge in [0, 0.05) is 19.5 Å². The Morgan fingerprint density at radius 1 is 1.58 bits per heavy atom. The molecule has 0 saturated carbocycles. The molecule has 68 valence electrons. The van der Waals surface area contributed by atoms with E-state index in [9.17, 15) is 9.59 Å². The molecule has 1 amide bonds. The van der Waals surface area contributed by atoms with Gasteiger partial charge in [0.15, 0.2) is 0 Å². The van der Waals surface area contributed by atoms with Crippen molar-refractivity contribution in [1.29, 1.82) is 0 Å². The molecule has 1 fully saturated rings. The fourth-order valence-corrected chi connectivity index (χ4v) is 1.49. The highest BCUT2D eigenvalue weighted by Crippen LogP contribution is 2.20. The van der Waals surface area contributed by atoms with Crippen LogP contribution in [0.3, 0.4) is 0 Å². The average molecular weight is 169 g/mol. The van der Waals surface area contributed by atoms with Crippen LogP contribution in [0.1, 0.15) is 20.3 Å². The van der Waals surface area contributed by atoms with Crippen LogP contribution in [0.15, 0.2) is 0 Å². The van der Waals surface area contributed by atoms with E-state index in [0.717, 1.165) is 6.54 Å². The number of hydrogen-bond donors (Lipinski definition) is 0. The Kier molecular flexibility index (Phi) is 2.50. The number of amides is 1. The van der Waals surface area contributed by atoms with Crippen molar-refractivity contribution in [3.63, 3.8) is 0 Å². The molecule has 0 aliphatic carbocycles. The number of Topliss-reactive ketones (excluding diaryl/α,β-unsaturated/α-hetero) is 1. The van der Waals surface area contributed by atoms with Crippen LogP contribution < -0.4 is 0 Å². The van der Waals surface area contributed by atoms with Crippen LogP contribution in [-0.2, 0) is 9.59 Å². The molecule has 12 heavy (non-hydrogen) atoms. The third kappa shape index (κ3) is 1.49. The number of carbonyl (C=O) groups is 2. The number of hydrogen-bond acceptors (Lipinski definition) is 2. The molecule has 1 saturated heterocycles. The molecule has 0 aromatic carbocycles. The molecule has 1 heterocycles. The zero-order chi connectivity index (χ0) is 9.30. The molecule has 0 aromatic heterocycles. The second-order valence-electron chi connectivity index (χ2n) is 3.66. The molecule has 0 radical (unpaired) electrons. The van der Waals surface area contributed by atoms with Crippen molar-refractivity contribution in [2.75, 3.05) is 13.6 Å². The number of likely N-dealkylation sites (tertiary alicyclic amines) is 1. The summed E-state index contributed by atoms with van der Waals surface area (Å²) < 4.78 is 0. The quantitative estimate of drug-likeness (QED) is 0.570. The summed E-state index contributed by atoms with van der Waals surface area (Å²) in [5, 5.41) is 0. The van der Waals surface area contributed by atoms with Crippen molar-refractivity contribution in [1.82, 2.24) is 4.90 Å². The molecule has 0 N–H and O–H groups in total. The minimum absolute atomic E-state index is 0.00583. The van der Waals surface area contributed by atoms with Crippen LogP contribution in [0.4, 0.5) is 0 Å². The van der Waals surface area contributed by atoms with Gasteiger partial charge in [0.25, 0.3) is 0 Å². The lowest BCUT2D eigenvalue weighted by Gasteiger charge is -2.10. The van der Waals surface area contributed by atoms with E-state index in [4.69, 9.17) is 0 Å². The summed E-state index contributed by atoms with van der Waals surface area (Å²) in [5.41, 5.74) is 0. The van der Waals surface area contributed by atoms with Crippen LogP contribution in [0.5, 0.6) is 0 Å². The molecule has 3 heteroatoms. The Hall–Kier alpha value is -0.860. The van der Waals surface area contributed by atoms with Gasteiger partial charge in [-0.1, -0.05) is 13.8 Å². The lowest BCUT2D eigenvalue weighted by molar-refractivity contribution is -0.137. The first-order valence-corrected chi connectivity index (χ1v) is 4.32. The van der Waals surface area contributed by atoms with Crippen molar-refractivity contribution in [2.24, 2.45) is 11.8 Å². The zero-order valence-electron chi connectivity index (χ0n) is 7.83. The van der Waals surface area contributed by atoms with Gasteiger partial charge in [0.1, 0.15) is 5.78 Å². The molecule has 0 spiro atoms. The van der Waals surface area contributed by atoms with Crippen LogP contribution in [0, 0.1) is 11.8 Å². The van der Waals surface area contributed by atoms with E-state index in [2.05, 4.69) is 0 Å². The Labute approximate surface area is 72.7 Å². The topological polar surface area (TPSA) is 37.4 Å². The fourth-order valence-electron chi connectivity index (χ4n) is 1.49. The van der Waals surface area contributed by atoms with Crippen LogP contribution in [0.2, 0.25) is 0 Å². The predicted molar refractivity (Wildman–Crippen MR) is 45.6 cm³/mol. The van der Waals surface area contributed by atoms with Crippen molar-refractivity contribution in [3.05, 3.63) is 0 Å². The average Bonchev–Trinajstić information content (AvgIpc) is 2.32. The lowest BCUT2D eigenvalue weighted by Crippen LogP contribution is -2.29. The number of rotatable bonds is 2. The molecule has 1 atom stereocenters. The summed E-state index contributed by atoms with van der Waals surface area (Å²) in [6.07, 6.45) is 0.701. The highest BCUT2D eigenvalue weighted by atomic mass is 16.2. The Balaban J connectivity index is 2.66. The summed E-state index contributed by atoms with van der Waals surface area (Å²) in [7, 11) is 1.75. The smallest absolute Gasteiger partial charge is 0.232 e. The SMILES string of the molecule is CC(C)C(=O)C1CCN(C)C1=O. The fraction of sp³-hybridized carbons (Fsp3) is 0.778. The van der Waals surface area contributed by atoms with Crippen molar-refractivity contribution >= 4 is 11.7 Å². The van der Waals surface area contributed by atoms with E-state index in [1.54, 1.807) is 11.9 Å². The first-order chi connectivity index (χ1) is 5.54. The maximum atomic E-state index is 11.5. The van der Waals surface area contributed by atoms with Gasteiger partial charge < -0.3 is 4.90 Å². The van der Waals surface area contributed by atoms with Gasteiger partial charge in [0.05, 0.1) is 5.92 Å². The molecule has 1 unspecified atom stereocenters. The predicted octanol–water partition coefficient (Wildman–Crippen LogP) is 0.690. The van der Waals surface area contributed by atoms with Gasteiger partial charge in [-0.2, -0.15) is 0 Å². The highest BCUT2D eigenvalue weighted by Gasteiger charge is 2.35. The minimum Gasteiger partial charge on any atom is -0.345 e. The third-order valence-electron chi connectivity index (χ3n) is 2.34. The molecule has 0 aromatic rings. The Morgan fingerprint density at radius 3 is 2.50 bits per heavy atom. The van der Waals surface area contributed by atoms with E-state index in [1.165, 1.54) is 0 Å². The van der Waals surface area contributed by atoms with E-state index in [0.29, 0.717) is 6.42 Å². The van der Waals surface area contributed by atoms with E-state index < -0.39 is 0 Å². The first-order valence-electron chi connectivity index (χ1n) is 4.32. The normalized spacial score (nSPS) is 23.8. The maximum absolute atomic E-state index is 11.5. The summed E-state index contributed by atoms with van der Waals surface area (Å²) in [6, 6.07) is 0. The third-order valence-corrected chi connectivity index (χ3v) is 2.34. The maximum Gasteiger partial charge on any atom is 0.232 e. The molecule has 1 aliphatic heterocycles.